The van der Waals surface area contributed by atoms with E-state index in [1.165, 1.54) is 11.1 Å². The van der Waals surface area contributed by atoms with E-state index in [1.807, 2.05) is 42.5 Å². The normalized spacial score (nSPS) is 14.6. The van der Waals surface area contributed by atoms with Gasteiger partial charge in [-0.1, -0.05) is 116 Å². The second-order valence-electron chi connectivity index (χ2n) is 9.45. The average Bonchev–Trinajstić information content (AvgIpc) is 3.46. The second-order valence-corrected chi connectivity index (χ2v) is 9.45. The summed E-state index contributed by atoms with van der Waals surface area (Å²) in [6.07, 6.45) is 1.13. The summed E-state index contributed by atoms with van der Waals surface area (Å²) in [4.78, 5) is 0. The lowest BCUT2D eigenvalue weighted by atomic mass is 9.82. The first-order chi connectivity index (χ1) is 15.9. The smallest absolute Gasteiger partial charge is 0.362 e. The summed E-state index contributed by atoms with van der Waals surface area (Å²) in [6, 6.07) is 37.1. The molecule has 1 heterocycles. The van der Waals surface area contributed by atoms with Gasteiger partial charge < -0.3 is 10.4 Å². The van der Waals surface area contributed by atoms with Gasteiger partial charge in [-0.15, -0.1) is 0 Å². The van der Waals surface area contributed by atoms with Gasteiger partial charge in [-0.25, -0.2) is 0 Å². The molecule has 2 N–H and O–H groups in total. The summed E-state index contributed by atoms with van der Waals surface area (Å²) in [5.74, 6) is 0.939. The van der Waals surface area contributed by atoms with Gasteiger partial charge in [0.05, 0.1) is 11.8 Å². The molecule has 4 aromatic rings. The molecule has 0 aromatic heterocycles. The molecule has 0 radical (unpaired) electrons. The first-order valence-electron chi connectivity index (χ1n) is 11.6. The Hall–Kier alpha value is -3.30. The lowest BCUT2D eigenvalue weighted by molar-refractivity contribution is 0.581. The van der Waals surface area contributed by atoms with E-state index >= 15 is 0 Å². The van der Waals surface area contributed by atoms with Crippen molar-refractivity contribution in [3.05, 3.63) is 126 Å². The number of hydrogen-bond acceptors (Lipinski definition) is 2. The van der Waals surface area contributed by atoms with Crippen molar-refractivity contribution in [3.63, 3.8) is 0 Å². The summed E-state index contributed by atoms with van der Waals surface area (Å²) >= 11 is 0. The molecule has 166 valence electrons. The van der Waals surface area contributed by atoms with Crippen LogP contribution in [0.4, 0.5) is 0 Å². The Morgan fingerprint density at radius 2 is 1.30 bits per heavy atom. The highest BCUT2D eigenvalue weighted by molar-refractivity contribution is 6.68. The summed E-state index contributed by atoms with van der Waals surface area (Å²) in [6.45, 7) is 6.91. The van der Waals surface area contributed by atoms with Gasteiger partial charge in [-0.05, 0) is 52.9 Å². The molecular formula is C30H32BNO. The van der Waals surface area contributed by atoms with Gasteiger partial charge in [0.2, 0.25) is 0 Å². The van der Waals surface area contributed by atoms with Gasteiger partial charge in [0.1, 0.15) is 0 Å². The van der Waals surface area contributed by atoms with Crippen molar-refractivity contribution in [1.82, 2.24) is 0 Å². The van der Waals surface area contributed by atoms with Crippen LogP contribution < -0.4 is 10.4 Å². The molecule has 2 nitrogen and oxygen atoms in total. The third-order valence-corrected chi connectivity index (χ3v) is 6.26. The van der Waals surface area contributed by atoms with Crippen LogP contribution in [0.2, 0.25) is 11.6 Å². The average molecular weight is 433 g/mol. The van der Waals surface area contributed by atoms with Crippen LogP contribution in [0.15, 0.2) is 109 Å². The highest BCUT2D eigenvalue weighted by atomic mass is 16.4. The van der Waals surface area contributed by atoms with Crippen molar-refractivity contribution in [1.29, 1.82) is 0 Å². The molecule has 1 saturated heterocycles. The zero-order chi connectivity index (χ0) is 23.3. The van der Waals surface area contributed by atoms with E-state index in [0.29, 0.717) is 12.2 Å². The molecular weight excluding hydrogens is 401 g/mol. The largest absolute Gasteiger partial charge is 0.560 e. The second kappa shape index (κ2) is 10.1. The molecule has 5 rings (SSSR count). The van der Waals surface area contributed by atoms with E-state index in [0.717, 1.165) is 28.8 Å². The van der Waals surface area contributed by atoms with Crippen LogP contribution in [0, 0.1) is 6.92 Å². The summed E-state index contributed by atoms with van der Waals surface area (Å²) in [5.41, 5.74) is 12.5. The molecule has 1 unspecified atom stereocenters. The van der Waals surface area contributed by atoms with Gasteiger partial charge in [-0.2, -0.15) is 0 Å². The predicted molar refractivity (Wildman–Crippen MR) is 141 cm³/mol. The highest BCUT2D eigenvalue weighted by Crippen LogP contribution is 2.52. The van der Waals surface area contributed by atoms with E-state index < -0.39 is 0 Å². The fourth-order valence-electron chi connectivity index (χ4n) is 3.90. The fraction of sp³-hybridized carbons (Fsp3) is 0.200. The van der Waals surface area contributed by atoms with Crippen LogP contribution in [-0.4, -0.2) is 6.92 Å². The number of hydrogen-bond donors (Lipinski definition) is 1. The van der Waals surface area contributed by atoms with Crippen LogP contribution in [0.1, 0.15) is 36.6 Å². The van der Waals surface area contributed by atoms with Crippen molar-refractivity contribution in [2.24, 2.45) is 5.73 Å². The number of rotatable bonds is 5. The van der Waals surface area contributed by atoms with Gasteiger partial charge in [0, 0.05) is 0 Å². The van der Waals surface area contributed by atoms with Crippen molar-refractivity contribution in [2.75, 3.05) is 0 Å². The molecule has 1 aliphatic heterocycles. The first kappa shape index (κ1) is 22.9. The van der Waals surface area contributed by atoms with Gasteiger partial charge >= 0.3 is 6.92 Å². The van der Waals surface area contributed by atoms with E-state index in [4.69, 9.17) is 10.4 Å². The minimum absolute atomic E-state index is 0.143. The minimum atomic E-state index is -0.143. The van der Waals surface area contributed by atoms with Crippen molar-refractivity contribution in [2.45, 2.75) is 38.4 Å². The summed E-state index contributed by atoms with van der Waals surface area (Å²) in [5, 5.41) is 0.313. The van der Waals surface area contributed by atoms with Gasteiger partial charge in [0.15, 0.2) is 0 Å². The predicted octanol–water partition coefficient (Wildman–Crippen LogP) is 7.56. The Labute approximate surface area is 198 Å². The van der Waals surface area contributed by atoms with Crippen LogP contribution in [0.25, 0.3) is 11.1 Å². The lowest BCUT2D eigenvalue weighted by Crippen LogP contribution is -2.12. The van der Waals surface area contributed by atoms with Crippen molar-refractivity contribution in [3.8, 4) is 16.9 Å². The monoisotopic (exact) mass is 433 g/mol. The number of benzene rings is 4. The van der Waals surface area contributed by atoms with Gasteiger partial charge in [0.25, 0.3) is 0 Å². The molecule has 1 aliphatic rings. The Kier molecular flexibility index (Phi) is 7.00. The molecule has 1 fully saturated rings. The summed E-state index contributed by atoms with van der Waals surface area (Å²) < 4.78 is 6.05. The zero-order valence-electron chi connectivity index (χ0n) is 19.7. The molecule has 1 atom stereocenters. The lowest BCUT2D eigenvalue weighted by Gasteiger charge is -2.17. The molecule has 4 aromatic carbocycles. The Bertz CT molecular complexity index is 1160. The van der Waals surface area contributed by atoms with Crippen LogP contribution in [-0.2, 0) is 0 Å². The SMILES string of the molecule is CC1(C)CB1Oc1ccc(-c2ccccc2C(N)c2ccccc2)cc1.Cc1ccccc1. The Balaban J connectivity index is 0.000000318. The van der Waals surface area contributed by atoms with Crippen LogP contribution in [0.5, 0.6) is 5.75 Å². The van der Waals surface area contributed by atoms with Crippen molar-refractivity contribution < 1.29 is 4.65 Å². The maximum Gasteiger partial charge on any atom is 0.362 e. The maximum atomic E-state index is 6.56. The zero-order valence-corrected chi connectivity index (χ0v) is 19.7. The molecule has 33 heavy (non-hydrogen) atoms. The Morgan fingerprint density at radius 1 is 0.758 bits per heavy atom. The number of aryl methyl sites for hydroxylation is 1. The molecule has 0 spiro atoms. The topological polar surface area (TPSA) is 35.2 Å². The highest BCUT2D eigenvalue weighted by Gasteiger charge is 2.54. The van der Waals surface area contributed by atoms with Gasteiger partial charge in [-0.3, -0.25) is 0 Å². The van der Waals surface area contributed by atoms with E-state index in [9.17, 15) is 0 Å². The maximum absolute atomic E-state index is 6.56. The van der Waals surface area contributed by atoms with Crippen molar-refractivity contribution >= 4 is 6.92 Å². The molecule has 3 heteroatoms. The Morgan fingerprint density at radius 3 is 1.85 bits per heavy atom. The minimum Gasteiger partial charge on any atom is -0.560 e. The third-order valence-electron chi connectivity index (χ3n) is 6.26. The van der Waals surface area contributed by atoms with E-state index in [2.05, 4.69) is 87.5 Å². The van der Waals surface area contributed by atoms with E-state index in [1.54, 1.807) is 0 Å². The van der Waals surface area contributed by atoms with Crippen LogP contribution in [0.3, 0.4) is 0 Å². The molecule has 0 saturated carbocycles. The standard InChI is InChI=1S/C23H24BNO.C7H8/c1-23(2)16-24(23)26-19-14-12-17(13-15-19)20-10-6-7-11-21(20)22(25)18-8-4-3-5-9-18;1-7-5-3-2-4-6-7/h3-15,22H,16,25H2,1-2H3;2-6H,1H3. The first-order valence-corrected chi connectivity index (χ1v) is 11.6. The summed E-state index contributed by atoms with van der Waals surface area (Å²) in [7, 11) is 0. The van der Waals surface area contributed by atoms with Crippen LogP contribution >= 0.6 is 0 Å². The fourth-order valence-corrected chi connectivity index (χ4v) is 3.90. The molecule has 0 bridgehead atoms. The number of nitrogens with two attached hydrogens (primary N) is 1. The quantitative estimate of drug-likeness (QED) is 0.330. The van der Waals surface area contributed by atoms with E-state index in [-0.39, 0.29) is 6.04 Å². The third kappa shape index (κ3) is 5.94. The molecule has 0 aliphatic carbocycles. The molecule has 0 amide bonds.